The largest absolute Gasteiger partial charge is 0.442 e. The van der Waals surface area contributed by atoms with Gasteiger partial charge in [0.2, 0.25) is 0 Å². The maximum Gasteiger partial charge on any atom is 0.436 e. The number of halogens is 1. The van der Waals surface area contributed by atoms with E-state index < -0.39 is 11.7 Å². The van der Waals surface area contributed by atoms with Crippen molar-refractivity contribution in [3.05, 3.63) is 10.8 Å². The molecule has 0 atom stereocenters. The zero-order chi connectivity index (χ0) is 10.1. The minimum atomic E-state index is -0.536. The standard InChI is InChI=1S/C7H10BrN3O2/c1-7(2,3)13-6(12)11-4-5(8)9-10-11/h4H,1-3H3. The van der Waals surface area contributed by atoms with Gasteiger partial charge in [-0.05, 0) is 36.7 Å². The normalized spacial score (nSPS) is 11.4. The number of carbonyl (C=O) groups excluding carboxylic acids is 1. The van der Waals surface area contributed by atoms with Crippen LogP contribution in [0.15, 0.2) is 10.8 Å². The fourth-order valence-corrected chi connectivity index (χ4v) is 0.906. The molecule has 0 aliphatic heterocycles. The zero-order valence-corrected chi connectivity index (χ0v) is 9.20. The first-order valence-electron chi connectivity index (χ1n) is 3.70. The lowest BCUT2D eigenvalue weighted by Crippen LogP contribution is -2.27. The van der Waals surface area contributed by atoms with Crippen LogP contribution >= 0.6 is 15.9 Å². The van der Waals surface area contributed by atoms with Crippen LogP contribution in [-0.2, 0) is 4.74 Å². The molecule has 0 bridgehead atoms. The van der Waals surface area contributed by atoms with Crippen molar-refractivity contribution >= 4 is 22.0 Å². The van der Waals surface area contributed by atoms with Gasteiger partial charge in [0.15, 0.2) is 0 Å². The molecule has 0 radical (unpaired) electrons. The molecular formula is C7H10BrN3O2. The Labute approximate surface area is 84.2 Å². The quantitative estimate of drug-likeness (QED) is 0.702. The summed E-state index contributed by atoms with van der Waals surface area (Å²) in [5.74, 6) is 0. The molecule has 1 aromatic heterocycles. The molecular weight excluding hydrogens is 238 g/mol. The Kier molecular flexibility index (Phi) is 2.70. The van der Waals surface area contributed by atoms with Gasteiger partial charge in [-0.2, -0.15) is 4.68 Å². The molecule has 13 heavy (non-hydrogen) atoms. The molecule has 0 fully saturated rings. The van der Waals surface area contributed by atoms with Crippen LogP contribution in [0, 0.1) is 0 Å². The molecule has 0 saturated carbocycles. The minimum Gasteiger partial charge on any atom is -0.442 e. The highest BCUT2D eigenvalue weighted by molar-refractivity contribution is 9.10. The number of hydrogen-bond acceptors (Lipinski definition) is 4. The number of carbonyl (C=O) groups is 1. The van der Waals surface area contributed by atoms with Crippen LogP contribution in [-0.4, -0.2) is 26.7 Å². The number of nitrogens with zero attached hydrogens (tertiary/aromatic N) is 3. The molecule has 0 aliphatic rings. The van der Waals surface area contributed by atoms with Crippen molar-refractivity contribution in [3.63, 3.8) is 0 Å². The van der Waals surface area contributed by atoms with E-state index in [2.05, 4.69) is 26.2 Å². The topological polar surface area (TPSA) is 57.0 Å². The summed E-state index contributed by atoms with van der Waals surface area (Å²) in [6, 6.07) is 0. The molecule has 72 valence electrons. The number of hydrogen-bond donors (Lipinski definition) is 0. The third kappa shape index (κ3) is 3.14. The van der Waals surface area contributed by atoms with Gasteiger partial charge in [0, 0.05) is 0 Å². The first-order chi connectivity index (χ1) is 5.88. The van der Waals surface area contributed by atoms with Crippen LogP contribution in [0.2, 0.25) is 0 Å². The van der Waals surface area contributed by atoms with Crippen LogP contribution in [0.1, 0.15) is 20.8 Å². The van der Waals surface area contributed by atoms with Crippen LogP contribution in [0.5, 0.6) is 0 Å². The van der Waals surface area contributed by atoms with Gasteiger partial charge in [0.1, 0.15) is 10.2 Å². The average Bonchev–Trinajstić information content (AvgIpc) is 2.31. The molecule has 0 saturated heterocycles. The molecule has 0 N–H and O–H groups in total. The lowest BCUT2D eigenvalue weighted by Gasteiger charge is -2.18. The molecule has 5 nitrogen and oxygen atoms in total. The summed E-state index contributed by atoms with van der Waals surface area (Å²) in [6.45, 7) is 5.37. The zero-order valence-electron chi connectivity index (χ0n) is 7.61. The van der Waals surface area contributed by atoms with Gasteiger partial charge in [-0.1, -0.05) is 5.21 Å². The summed E-state index contributed by atoms with van der Waals surface area (Å²) in [4.78, 5) is 11.3. The van der Waals surface area contributed by atoms with Crippen LogP contribution in [0.4, 0.5) is 4.79 Å². The molecule has 0 aromatic carbocycles. The maximum atomic E-state index is 11.3. The van der Waals surface area contributed by atoms with Gasteiger partial charge in [-0.3, -0.25) is 0 Å². The second-order valence-corrected chi connectivity index (χ2v) is 4.28. The molecule has 0 aliphatic carbocycles. The second-order valence-electron chi connectivity index (χ2n) is 3.47. The van der Waals surface area contributed by atoms with Crippen LogP contribution < -0.4 is 0 Å². The van der Waals surface area contributed by atoms with Gasteiger partial charge in [-0.15, -0.1) is 5.10 Å². The Morgan fingerprint density at radius 3 is 2.62 bits per heavy atom. The lowest BCUT2D eigenvalue weighted by molar-refractivity contribution is 0.0511. The second kappa shape index (κ2) is 3.45. The Morgan fingerprint density at radius 2 is 2.23 bits per heavy atom. The SMILES string of the molecule is CC(C)(C)OC(=O)n1cc(Br)nn1. The van der Waals surface area contributed by atoms with Gasteiger partial charge >= 0.3 is 6.09 Å². The van der Waals surface area contributed by atoms with E-state index in [9.17, 15) is 4.79 Å². The van der Waals surface area contributed by atoms with Crippen molar-refractivity contribution in [1.29, 1.82) is 0 Å². The van der Waals surface area contributed by atoms with E-state index in [0.717, 1.165) is 4.68 Å². The van der Waals surface area contributed by atoms with E-state index in [0.29, 0.717) is 4.60 Å². The van der Waals surface area contributed by atoms with Crippen molar-refractivity contribution in [2.45, 2.75) is 26.4 Å². The highest BCUT2D eigenvalue weighted by Crippen LogP contribution is 2.09. The summed E-state index contributed by atoms with van der Waals surface area (Å²) < 4.78 is 6.57. The molecule has 0 spiro atoms. The molecule has 1 heterocycles. The number of ether oxygens (including phenoxy) is 1. The smallest absolute Gasteiger partial charge is 0.436 e. The van der Waals surface area contributed by atoms with Gasteiger partial charge in [0.25, 0.3) is 0 Å². The summed E-state index contributed by atoms with van der Waals surface area (Å²) in [5.41, 5.74) is -0.518. The van der Waals surface area contributed by atoms with Crippen LogP contribution in [0.3, 0.4) is 0 Å². The van der Waals surface area contributed by atoms with E-state index in [1.165, 1.54) is 6.20 Å². The summed E-state index contributed by atoms with van der Waals surface area (Å²) >= 11 is 3.08. The third-order valence-corrected chi connectivity index (χ3v) is 1.41. The molecule has 6 heteroatoms. The maximum absolute atomic E-state index is 11.3. The van der Waals surface area contributed by atoms with E-state index in [1.807, 2.05) is 0 Å². The Balaban J connectivity index is 2.70. The Hall–Kier alpha value is -0.910. The van der Waals surface area contributed by atoms with Crippen molar-refractivity contribution in [2.75, 3.05) is 0 Å². The van der Waals surface area contributed by atoms with Gasteiger partial charge in [0.05, 0.1) is 6.20 Å². The summed E-state index contributed by atoms with van der Waals surface area (Å²) in [7, 11) is 0. The monoisotopic (exact) mass is 247 g/mol. The molecule has 1 rings (SSSR count). The molecule has 0 amide bonds. The highest BCUT2D eigenvalue weighted by atomic mass is 79.9. The van der Waals surface area contributed by atoms with Gasteiger partial charge in [-0.25, -0.2) is 4.79 Å². The van der Waals surface area contributed by atoms with E-state index in [1.54, 1.807) is 20.8 Å². The fraction of sp³-hybridized carbons (Fsp3) is 0.571. The Morgan fingerprint density at radius 1 is 1.62 bits per heavy atom. The molecule has 0 unspecified atom stereocenters. The average molecular weight is 248 g/mol. The van der Waals surface area contributed by atoms with E-state index >= 15 is 0 Å². The van der Waals surface area contributed by atoms with Crippen molar-refractivity contribution < 1.29 is 9.53 Å². The van der Waals surface area contributed by atoms with E-state index in [4.69, 9.17) is 4.74 Å². The predicted octanol–water partition coefficient (Wildman–Crippen LogP) is 1.82. The lowest BCUT2D eigenvalue weighted by atomic mass is 10.2. The highest BCUT2D eigenvalue weighted by Gasteiger charge is 2.18. The Bertz CT molecular complexity index is 316. The van der Waals surface area contributed by atoms with Crippen molar-refractivity contribution in [2.24, 2.45) is 0 Å². The van der Waals surface area contributed by atoms with Gasteiger partial charge < -0.3 is 4.74 Å². The van der Waals surface area contributed by atoms with Crippen molar-refractivity contribution in [1.82, 2.24) is 15.0 Å². The predicted molar refractivity (Wildman–Crippen MR) is 49.4 cm³/mol. The summed E-state index contributed by atoms with van der Waals surface area (Å²) in [6.07, 6.45) is 0.902. The van der Waals surface area contributed by atoms with Crippen LogP contribution in [0.25, 0.3) is 0 Å². The fourth-order valence-electron chi connectivity index (χ4n) is 0.641. The summed E-state index contributed by atoms with van der Waals surface area (Å²) in [5, 5.41) is 7.14. The number of rotatable bonds is 0. The first-order valence-corrected chi connectivity index (χ1v) is 4.49. The third-order valence-electron chi connectivity index (χ3n) is 1.05. The first kappa shape index (κ1) is 10.2. The minimum absolute atomic E-state index is 0.498. The van der Waals surface area contributed by atoms with E-state index in [-0.39, 0.29) is 0 Å². The molecule has 1 aromatic rings. The number of aromatic nitrogens is 3. The van der Waals surface area contributed by atoms with Crippen molar-refractivity contribution in [3.8, 4) is 0 Å².